The minimum atomic E-state index is 0.223. The minimum Gasteiger partial charge on any atom is -0.495 e. The van der Waals surface area contributed by atoms with Crippen LogP contribution in [0.15, 0.2) is 11.5 Å². The summed E-state index contributed by atoms with van der Waals surface area (Å²) in [6.07, 6.45) is 1.05. The normalized spacial score (nSPS) is 22.4. The third kappa shape index (κ3) is 2.93. The van der Waals surface area contributed by atoms with Crippen molar-refractivity contribution in [3.8, 4) is 0 Å². The van der Waals surface area contributed by atoms with Gasteiger partial charge in [-0.15, -0.1) is 0 Å². The molecular formula is C12H22O2. The van der Waals surface area contributed by atoms with Gasteiger partial charge in [0, 0.05) is 11.3 Å². The number of ether oxygens (including phenoxy) is 2. The fraction of sp³-hybridized carbons (Fsp3) is 0.833. The van der Waals surface area contributed by atoms with Crippen LogP contribution < -0.4 is 0 Å². The fourth-order valence-corrected chi connectivity index (χ4v) is 1.57. The Labute approximate surface area is 87.3 Å². The quantitative estimate of drug-likeness (QED) is 0.643. The van der Waals surface area contributed by atoms with Crippen LogP contribution >= 0.6 is 0 Å². The van der Waals surface area contributed by atoms with Crippen LogP contribution in [0.3, 0.4) is 0 Å². The predicted molar refractivity (Wildman–Crippen MR) is 57.8 cm³/mol. The molecule has 0 aromatic carbocycles. The van der Waals surface area contributed by atoms with Crippen molar-refractivity contribution in [1.82, 2.24) is 0 Å². The summed E-state index contributed by atoms with van der Waals surface area (Å²) in [7, 11) is 0. The first-order valence-electron chi connectivity index (χ1n) is 5.39. The standard InChI is InChI=1S/C12H22O2/c1-9(2)11-10(3)13-7-6-12(4,5)8-14-11/h9H,6-8H2,1-5H3. The van der Waals surface area contributed by atoms with Crippen LogP contribution in [-0.2, 0) is 9.47 Å². The molecule has 0 aromatic heterocycles. The second kappa shape index (κ2) is 4.24. The van der Waals surface area contributed by atoms with E-state index in [2.05, 4.69) is 27.7 Å². The van der Waals surface area contributed by atoms with Crippen LogP contribution in [0.1, 0.15) is 41.0 Å². The Morgan fingerprint density at radius 2 is 1.86 bits per heavy atom. The Kier molecular flexibility index (Phi) is 3.46. The molecule has 0 N–H and O–H groups in total. The lowest BCUT2D eigenvalue weighted by Crippen LogP contribution is -2.25. The Hall–Kier alpha value is -0.660. The number of allylic oxidation sites excluding steroid dienone is 2. The summed E-state index contributed by atoms with van der Waals surface area (Å²) in [6, 6.07) is 0. The third-order valence-electron chi connectivity index (χ3n) is 2.59. The van der Waals surface area contributed by atoms with Gasteiger partial charge in [0.2, 0.25) is 0 Å². The first kappa shape index (κ1) is 11.4. The molecule has 0 radical (unpaired) electrons. The van der Waals surface area contributed by atoms with Gasteiger partial charge < -0.3 is 9.47 Å². The first-order valence-corrected chi connectivity index (χ1v) is 5.39. The van der Waals surface area contributed by atoms with Crippen LogP contribution in [0, 0.1) is 11.3 Å². The molecule has 0 amide bonds. The number of hydrogen-bond acceptors (Lipinski definition) is 2. The maximum atomic E-state index is 5.83. The van der Waals surface area contributed by atoms with Gasteiger partial charge in [0.1, 0.15) is 11.5 Å². The fourth-order valence-electron chi connectivity index (χ4n) is 1.57. The summed E-state index contributed by atoms with van der Waals surface area (Å²) >= 11 is 0. The lowest BCUT2D eigenvalue weighted by Gasteiger charge is -2.30. The van der Waals surface area contributed by atoms with Crippen molar-refractivity contribution in [2.24, 2.45) is 11.3 Å². The summed E-state index contributed by atoms with van der Waals surface area (Å²) in [5, 5.41) is 0. The van der Waals surface area contributed by atoms with Crippen molar-refractivity contribution in [1.29, 1.82) is 0 Å². The molecular weight excluding hydrogens is 176 g/mol. The Morgan fingerprint density at radius 3 is 2.43 bits per heavy atom. The van der Waals surface area contributed by atoms with Crippen molar-refractivity contribution in [2.45, 2.75) is 41.0 Å². The molecule has 0 atom stereocenters. The highest BCUT2D eigenvalue weighted by Gasteiger charge is 2.23. The molecule has 1 rings (SSSR count). The van der Waals surface area contributed by atoms with E-state index in [4.69, 9.17) is 9.47 Å². The number of rotatable bonds is 1. The highest BCUT2D eigenvalue weighted by Crippen LogP contribution is 2.28. The second-order valence-corrected chi connectivity index (χ2v) is 5.13. The van der Waals surface area contributed by atoms with Crippen molar-refractivity contribution in [3.05, 3.63) is 11.5 Å². The maximum absolute atomic E-state index is 5.83. The van der Waals surface area contributed by atoms with Gasteiger partial charge in [-0.3, -0.25) is 0 Å². The van der Waals surface area contributed by atoms with Gasteiger partial charge in [0.15, 0.2) is 0 Å². The summed E-state index contributed by atoms with van der Waals surface area (Å²) < 4.78 is 11.5. The highest BCUT2D eigenvalue weighted by atomic mass is 16.5. The van der Waals surface area contributed by atoms with Gasteiger partial charge in [-0.25, -0.2) is 0 Å². The predicted octanol–water partition coefficient (Wildman–Crippen LogP) is 3.34. The number of hydrogen-bond donors (Lipinski definition) is 0. The highest BCUT2D eigenvalue weighted by molar-refractivity contribution is 5.02. The molecule has 0 saturated carbocycles. The lowest BCUT2D eigenvalue weighted by molar-refractivity contribution is 0.0358. The van der Waals surface area contributed by atoms with E-state index in [9.17, 15) is 0 Å². The molecule has 1 heterocycles. The second-order valence-electron chi connectivity index (χ2n) is 5.13. The molecule has 1 aliphatic rings. The van der Waals surface area contributed by atoms with Gasteiger partial charge in [-0.2, -0.15) is 0 Å². The molecule has 2 nitrogen and oxygen atoms in total. The third-order valence-corrected chi connectivity index (χ3v) is 2.59. The van der Waals surface area contributed by atoms with E-state index >= 15 is 0 Å². The molecule has 0 aliphatic carbocycles. The van der Waals surface area contributed by atoms with Crippen LogP contribution in [0.5, 0.6) is 0 Å². The Morgan fingerprint density at radius 1 is 1.21 bits per heavy atom. The topological polar surface area (TPSA) is 18.5 Å². The molecule has 0 aromatic rings. The van der Waals surface area contributed by atoms with Gasteiger partial charge in [0.25, 0.3) is 0 Å². The van der Waals surface area contributed by atoms with Crippen LogP contribution in [-0.4, -0.2) is 13.2 Å². The minimum absolute atomic E-state index is 0.223. The average molecular weight is 198 g/mol. The largest absolute Gasteiger partial charge is 0.495 e. The molecule has 14 heavy (non-hydrogen) atoms. The molecule has 0 fully saturated rings. The molecule has 0 bridgehead atoms. The van der Waals surface area contributed by atoms with Gasteiger partial charge >= 0.3 is 0 Å². The average Bonchev–Trinajstić information content (AvgIpc) is 2.00. The van der Waals surface area contributed by atoms with E-state index in [1.807, 2.05) is 6.92 Å². The zero-order valence-electron chi connectivity index (χ0n) is 10.0. The monoisotopic (exact) mass is 198 g/mol. The van der Waals surface area contributed by atoms with E-state index in [0.717, 1.165) is 31.2 Å². The maximum Gasteiger partial charge on any atom is 0.136 e. The molecule has 2 heteroatoms. The summed E-state index contributed by atoms with van der Waals surface area (Å²) in [4.78, 5) is 0. The first-order chi connectivity index (χ1) is 6.42. The lowest BCUT2D eigenvalue weighted by atomic mass is 9.90. The van der Waals surface area contributed by atoms with Crippen molar-refractivity contribution >= 4 is 0 Å². The van der Waals surface area contributed by atoms with Crippen LogP contribution in [0.25, 0.3) is 0 Å². The van der Waals surface area contributed by atoms with Crippen molar-refractivity contribution in [3.63, 3.8) is 0 Å². The van der Waals surface area contributed by atoms with Gasteiger partial charge in [-0.1, -0.05) is 27.7 Å². The summed E-state index contributed by atoms with van der Waals surface area (Å²) in [5.74, 6) is 2.37. The smallest absolute Gasteiger partial charge is 0.136 e. The molecule has 0 unspecified atom stereocenters. The van der Waals surface area contributed by atoms with Crippen molar-refractivity contribution in [2.75, 3.05) is 13.2 Å². The summed E-state index contributed by atoms with van der Waals surface area (Å²) in [5.41, 5.74) is 0.223. The van der Waals surface area contributed by atoms with E-state index in [1.165, 1.54) is 0 Å². The van der Waals surface area contributed by atoms with Gasteiger partial charge in [-0.05, 0) is 13.3 Å². The van der Waals surface area contributed by atoms with E-state index in [0.29, 0.717) is 5.92 Å². The molecule has 0 saturated heterocycles. The zero-order chi connectivity index (χ0) is 10.8. The van der Waals surface area contributed by atoms with E-state index in [-0.39, 0.29) is 5.41 Å². The molecule has 1 aliphatic heterocycles. The van der Waals surface area contributed by atoms with Crippen LogP contribution in [0.2, 0.25) is 0 Å². The molecule has 82 valence electrons. The van der Waals surface area contributed by atoms with Gasteiger partial charge in [0.05, 0.1) is 13.2 Å². The van der Waals surface area contributed by atoms with E-state index in [1.54, 1.807) is 0 Å². The summed E-state index contributed by atoms with van der Waals surface area (Å²) in [6.45, 7) is 12.3. The Balaban J connectivity index is 2.76. The van der Waals surface area contributed by atoms with E-state index < -0.39 is 0 Å². The van der Waals surface area contributed by atoms with Crippen molar-refractivity contribution < 1.29 is 9.47 Å². The SMILES string of the molecule is CC1=C(C(C)C)OCC(C)(C)CCO1. The Bertz CT molecular complexity index is 226. The molecule has 0 spiro atoms. The zero-order valence-corrected chi connectivity index (χ0v) is 10.0. The van der Waals surface area contributed by atoms with Crippen LogP contribution in [0.4, 0.5) is 0 Å².